The van der Waals surface area contributed by atoms with Crippen molar-refractivity contribution in [3.05, 3.63) is 59.7 Å². The lowest BCUT2D eigenvalue weighted by atomic mass is 9.98. The Morgan fingerprint density at radius 1 is 0.625 bits per heavy atom. The van der Waals surface area contributed by atoms with Crippen LogP contribution in [0.2, 0.25) is 0 Å². The zero-order valence-corrected chi connectivity index (χ0v) is 23.4. The largest absolute Gasteiger partial charge is 0.449 e. The standard InChI is InChI=1S/C30H44N2O8/c31-10-13-35-15-17-37-19-21-39-23-22-38-20-18-36-16-14-34-12-5-11-32-30(33)40-24-29-27-8-3-1-6-25(27)26-7-2-4-9-28(26)29/h1-4,6-9,29H,5,10-24,31H2,(H,32,33). The van der Waals surface area contributed by atoms with Crippen LogP contribution in [-0.4, -0.2) is 105 Å². The van der Waals surface area contributed by atoms with Gasteiger partial charge in [0.1, 0.15) is 6.61 Å². The first-order chi connectivity index (χ1) is 19.8. The molecule has 222 valence electrons. The van der Waals surface area contributed by atoms with Crippen LogP contribution >= 0.6 is 0 Å². The molecule has 2 aromatic carbocycles. The number of hydrogen-bond donors (Lipinski definition) is 2. The Morgan fingerprint density at radius 2 is 1.05 bits per heavy atom. The van der Waals surface area contributed by atoms with Gasteiger partial charge in [-0.2, -0.15) is 0 Å². The van der Waals surface area contributed by atoms with E-state index >= 15 is 0 Å². The summed E-state index contributed by atoms with van der Waals surface area (Å²) in [7, 11) is 0. The minimum Gasteiger partial charge on any atom is -0.449 e. The zero-order valence-electron chi connectivity index (χ0n) is 23.4. The van der Waals surface area contributed by atoms with Crippen LogP contribution < -0.4 is 11.1 Å². The third-order valence-electron chi connectivity index (χ3n) is 6.20. The molecule has 0 spiro atoms. The number of nitrogens with one attached hydrogen (secondary N) is 1. The van der Waals surface area contributed by atoms with Crippen molar-refractivity contribution in [1.29, 1.82) is 0 Å². The molecule has 3 N–H and O–H groups in total. The summed E-state index contributed by atoms with van der Waals surface area (Å²) in [4.78, 5) is 12.2. The van der Waals surface area contributed by atoms with Gasteiger partial charge in [0.2, 0.25) is 0 Å². The molecule has 2 aromatic rings. The molecule has 3 rings (SSSR count). The van der Waals surface area contributed by atoms with Crippen LogP contribution in [0.25, 0.3) is 11.1 Å². The number of fused-ring (bicyclic) bond motifs is 3. The summed E-state index contributed by atoms with van der Waals surface area (Å²) in [5.41, 5.74) is 10.2. The molecule has 40 heavy (non-hydrogen) atoms. The van der Waals surface area contributed by atoms with E-state index in [0.717, 1.165) is 0 Å². The predicted octanol–water partition coefficient (Wildman–Crippen LogP) is 2.97. The van der Waals surface area contributed by atoms with Gasteiger partial charge in [-0.05, 0) is 28.7 Å². The average molecular weight is 561 g/mol. The highest BCUT2D eigenvalue weighted by Crippen LogP contribution is 2.44. The van der Waals surface area contributed by atoms with Crippen molar-refractivity contribution in [3.8, 4) is 11.1 Å². The minimum absolute atomic E-state index is 0.0586. The van der Waals surface area contributed by atoms with E-state index in [0.29, 0.717) is 105 Å². The maximum atomic E-state index is 12.2. The first kappa shape index (κ1) is 32.0. The van der Waals surface area contributed by atoms with E-state index in [2.05, 4.69) is 29.6 Å². The Labute approximate surface area is 237 Å². The number of hydrogen-bond acceptors (Lipinski definition) is 9. The van der Waals surface area contributed by atoms with Gasteiger partial charge in [0, 0.05) is 25.6 Å². The molecular formula is C30H44N2O8. The zero-order chi connectivity index (χ0) is 28.1. The van der Waals surface area contributed by atoms with Crippen LogP contribution in [0.15, 0.2) is 48.5 Å². The molecule has 0 saturated carbocycles. The van der Waals surface area contributed by atoms with Crippen LogP contribution in [0.4, 0.5) is 4.79 Å². The molecule has 0 saturated heterocycles. The first-order valence-electron chi connectivity index (χ1n) is 14.1. The molecule has 0 aromatic heterocycles. The maximum Gasteiger partial charge on any atom is 0.407 e. The van der Waals surface area contributed by atoms with E-state index in [1.54, 1.807) is 0 Å². The van der Waals surface area contributed by atoms with Gasteiger partial charge in [-0.1, -0.05) is 48.5 Å². The molecule has 1 aliphatic rings. The number of rotatable bonds is 23. The summed E-state index contributed by atoms with van der Waals surface area (Å²) in [6.07, 6.45) is 0.286. The van der Waals surface area contributed by atoms with Gasteiger partial charge < -0.3 is 44.2 Å². The molecule has 1 amide bonds. The minimum atomic E-state index is -0.409. The summed E-state index contributed by atoms with van der Waals surface area (Å²) in [5, 5.41) is 2.80. The fourth-order valence-corrected chi connectivity index (χ4v) is 4.30. The molecule has 0 atom stereocenters. The number of carbonyl (C=O) groups is 1. The SMILES string of the molecule is NCCOCCOCCOCCOCCOCCOCCCNC(=O)OCC1c2ccccc2-c2ccccc21. The second-order valence-electron chi connectivity index (χ2n) is 9.07. The summed E-state index contributed by atoms with van der Waals surface area (Å²) in [5.74, 6) is 0.0586. The van der Waals surface area contributed by atoms with Crippen molar-refractivity contribution in [2.45, 2.75) is 12.3 Å². The molecule has 0 radical (unpaired) electrons. The Balaban J connectivity index is 1.07. The van der Waals surface area contributed by atoms with E-state index in [9.17, 15) is 4.79 Å². The third kappa shape index (κ3) is 11.9. The second-order valence-corrected chi connectivity index (χ2v) is 9.07. The number of alkyl carbamates (subject to hydrolysis) is 1. The Bertz CT molecular complexity index is 915. The van der Waals surface area contributed by atoms with Crippen LogP contribution in [0.1, 0.15) is 23.5 Å². The predicted molar refractivity (Wildman–Crippen MR) is 152 cm³/mol. The number of carbonyl (C=O) groups excluding carboxylic acids is 1. The van der Waals surface area contributed by atoms with Gasteiger partial charge in [0.15, 0.2) is 0 Å². The Kier molecular flexibility index (Phi) is 16.2. The summed E-state index contributed by atoms with van der Waals surface area (Å²) in [6, 6.07) is 16.6. The van der Waals surface area contributed by atoms with E-state index in [4.69, 9.17) is 38.9 Å². The molecule has 0 aliphatic heterocycles. The van der Waals surface area contributed by atoms with Crippen molar-refractivity contribution in [2.75, 3.05) is 99.0 Å². The maximum absolute atomic E-state index is 12.2. The lowest BCUT2D eigenvalue weighted by Crippen LogP contribution is -2.27. The molecule has 0 fully saturated rings. The van der Waals surface area contributed by atoms with Crippen LogP contribution in [0.3, 0.4) is 0 Å². The van der Waals surface area contributed by atoms with E-state index in [-0.39, 0.29) is 5.92 Å². The monoisotopic (exact) mass is 560 g/mol. The van der Waals surface area contributed by atoms with Crippen molar-refractivity contribution in [2.24, 2.45) is 5.73 Å². The molecular weight excluding hydrogens is 516 g/mol. The van der Waals surface area contributed by atoms with Crippen molar-refractivity contribution < 1.29 is 38.0 Å². The highest BCUT2D eigenvalue weighted by atomic mass is 16.6. The number of nitrogens with two attached hydrogens (primary N) is 1. The van der Waals surface area contributed by atoms with Crippen molar-refractivity contribution in [1.82, 2.24) is 5.32 Å². The summed E-state index contributed by atoms with van der Waals surface area (Å²) in [6.45, 7) is 7.56. The normalized spacial score (nSPS) is 12.3. The lowest BCUT2D eigenvalue weighted by Gasteiger charge is -2.14. The topological polar surface area (TPSA) is 120 Å². The van der Waals surface area contributed by atoms with Gasteiger partial charge >= 0.3 is 6.09 Å². The lowest BCUT2D eigenvalue weighted by molar-refractivity contribution is -0.0164. The third-order valence-corrected chi connectivity index (χ3v) is 6.20. The quantitative estimate of drug-likeness (QED) is 0.198. The highest BCUT2D eigenvalue weighted by molar-refractivity contribution is 5.79. The Hall–Kier alpha value is -2.57. The van der Waals surface area contributed by atoms with E-state index < -0.39 is 6.09 Å². The summed E-state index contributed by atoms with van der Waals surface area (Å²) >= 11 is 0. The fourth-order valence-electron chi connectivity index (χ4n) is 4.30. The molecule has 0 bridgehead atoms. The van der Waals surface area contributed by atoms with E-state index in [1.165, 1.54) is 22.3 Å². The summed E-state index contributed by atoms with van der Waals surface area (Å²) < 4.78 is 38.0. The molecule has 0 unspecified atom stereocenters. The molecule has 10 heteroatoms. The second kappa shape index (κ2) is 20.3. The molecule has 0 heterocycles. The fraction of sp³-hybridized carbons (Fsp3) is 0.567. The smallest absolute Gasteiger partial charge is 0.407 e. The van der Waals surface area contributed by atoms with Gasteiger partial charge in [0.05, 0.1) is 72.7 Å². The van der Waals surface area contributed by atoms with Gasteiger partial charge in [-0.3, -0.25) is 0 Å². The van der Waals surface area contributed by atoms with Gasteiger partial charge in [0.25, 0.3) is 0 Å². The van der Waals surface area contributed by atoms with Crippen molar-refractivity contribution >= 4 is 6.09 Å². The highest BCUT2D eigenvalue weighted by Gasteiger charge is 2.28. The Morgan fingerprint density at radius 3 is 1.52 bits per heavy atom. The van der Waals surface area contributed by atoms with Crippen LogP contribution in [0.5, 0.6) is 0 Å². The molecule has 10 nitrogen and oxygen atoms in total. The molecule has 1 aliphatic carbocycles. The van der Waals surface area contributed by atoms with Crippen LogP contribution in [0, 0.1) is 0 Å². The number of ether oxygens (including phenoxy) is 7. The number of benzene rings is 2. The van der Waals surface area contributed by atoms with Gasteiger partial charge in [-0.15, -0.1) is 0 Å². The van der Waals surface area contributed by atoms with Crippen LogP contribution in [-0.2, 0) is 33.2 Å². The first-order valence-corrected chi connectivity index (χ1v) is 14.1. The average Bonchev–Trinajstić information content (AvgIpc) is 3.30. The van der Waals surface area contributed by atoms with Gasteiger partial charge in [-0.25, -0.2) is 4.79 Å². The number of amides is 1. The van der Waals surface area contributed by atoms with E-state index in [1.807, 2.05) is 24.3 Å². The van der Waals surface area contributed by atoms with Crippen molar-refractivity contribution in [3.63, 3.8) is 0 Å².